The third-order valence-electron chi connectivity index (χ3n) is 4.93. The van der Waals surface area contributed by atoms with Gasteiger partial charge in [-0.25, -0.2) is 4.98 Å². The Kier molecular flexibility index (Phi) is 6.73. The van der Waals surface area contributed by atoms with E-state index in [4.69, 9.17) is 0 Å². The van der Waals surface area contributed by atoms with Crippen molar-refractivity contribution in [3.8, 4) is 5.75 Å². The molecular formula is C23H20F3N5O2S. The van der Waals surface area contributed by atoms with Gasteiger partial charge in [0.25, 0.3) is 0 Å². The Hall–Kier alpha value is -3.60. The molecule has 0 radical (unpaired) electrons. The summed E-state index contributed by atoms with van der Waals surface area (Å²) < 4.78 is 42.8. The van der Waals surface area contributed by atoms with Crippen molar-refractivity contribution in [3.05, 3.63) is 61.2 Å². The van der Waals surface area contributed by atoms with Crippen molar-refractivity contribution in [1.82, 2.24) is 19.7 Å². The van der Waals surface area contributed by atoms with E-state index >= 15 is 0 Å². The molecule has 0 bridgehead atoms. The number of fused-ring (bicyclic) bond motifs is 3. The number of nitrogens with zero attached hydrogens (tertiary/aromatic N) is 4. The zero-order chi connectivity index (χ0) is 24.3. The smallest absolute Gasteiger partial charge is 0.406 e. The van der Waals surface area contributed by atoms with Gasteiger partial charge < -0.3 is 14.6 Å². The Morgan fingerprint density at radius 1 is 1.21 bits per heavy atom. The lowest BCUT2D eigenvalue weighted by Gasteiger charge is -2.14. The average molecular weight is 488 g/mol. The Balaban J connectivity index is 1.53. The van der Waals surface area contributed by atoms with Gasteiger partial charge in [-0.2, -0.15) is 0 Å². The second-order valence-corrected chi connectivity index (χ2v) is 8.43. The number of thioether (sulfide) groups is 1. The molecule has 0 spiro atoms. The van der Waals surface area contributed by atoms with Crippen LogP contribution in [0.1, 0.15) is 13.3 Å². The van der Waals surface area contributed by atoms with Crippen molar-refractivity contribution in [1.29, 1.82) is 0 Å². The van der Waals surface area contributed by atoms with Crippen LogP contribution in [0.3, 0.4) is 0 Å². The minimum absolute atomic E-state index is 0.327. The molecule has 2 aromatic heterocycles. The van der Waals surface area contributed by atoms with Crippen LogP contribution in [-0.4, -0.2) is 37.3 Å². The minimum Gasteiger partial charge on any atom is -0.406 e. The summed E-state index contributed by atoms with van der Waals surface area (Å²) in [5, 5.41) is 12.0. The Labute approximate surface area is 197 Å². The summed E-state index contributed by atoms with van der Waals surface area (Å²) in [6.07, 6.45) is -2.53. The summed E-state index contributed by atoms with van der Waals surface area (Å²) in [6, 6.07) is 12.7. The predicted molar refractivity (Wildman–Crippen MR) is 125 cm³/mol. The highest BCUT2D eigenvalue weighted by atomic mass is 32.2. The number of rotatable bonds is 8. The van der Waals surface area contributed by atoms with Crippen molar-refractivity contribution in [3.63, 3.8) is 0 Å². The van der Waals surface area contributed by atoms with E-state index in [1.807, 2.05) is 35.8 Å². The molecule has 176 valence electrons. The topological polar surface area (TPSA) is 81.9 Å². The van der Waals surface area contributed by atoms with E-state index in [0.29, 0.717) is 35.0 Å². The van der Waals surface area contributed by atoms with E-state index in [-0.39, 0.29) is 11.7 Å². The van der Waals surface area contributed by atoms with E-state index < -0.39 is 11.6 Å². The highest BCUT2D eigenvalue weighted by Crippen LogP contribution is 2.30. The van der Waals surface area contributed by atoms with E-state index in [2.05, 4.69) is 31.8 Å². The van der Waals surface area contributed by atoms with E-state index in [1.165, 1.54) is 23.9 Å². The van der Waals surface area contributed by atoms with Crippen LogP contribution in [0, 0.1) is 0 Å². The van der Waals surface area contributed by atoms with Crippen molar-refractivity contribution >= 4 is 45.4 Å². The highest BCUT2D eigenvalue weighted by molar-refractivity contribution is 8.00. The maximum atomic E-state index is 12.8. The lowest BCUT2D eigenvalue weighted by Crippen LogP contribution is -2.25. The number of para-hydroxylation sites is 1. The number of benzene rings is 2. The molecular weight excluding hydrogens is 467 g/mol. The fourth-order valence-electron chi connectivity index (χ4n) is 3.47. The summed E-state index contributed by atoms with van der Waals surface area (Å²) in [6.45, 7) is 6.20. The lowest BCUT2D eigenvalue weighted by molar-refractivity contribution is -0.274. The molecule has 0 fully saturated rings. The summed E-state index contributed by atoms with van der Waals surface area (Å²) in [5.41, 5.74) is 2.62. The Bertz CT molecular complexity index is 1340. The van der Waals surface area contributed by atoms with Crippen molar-refractivity contribution in [2.75, 3.05) is 5.32 Å². The SMILES string of the molecule is C=CCn1c2ccccc2c2nnc(SC(CC)C(=O)Nc3ccc(OC(F)(F)F)cc3)nc21. The van der Waals surface area contributed by atoms with Gasteiger partial charge in [-0.05, 0) is 36.8 Å². The molecule has 34 heavy (non-hydrogen) atoms. The second kappa shape index (κ2) is 9.72. The molecule has 1 N–H and O–H groups in total. The van der Waals surface area contributed by atoms with Crippen LogP contribution in [-0.2, 0) is 11.3 Å². The molecule has 0 aliphatic carbocycles. The zero-order valence-electron chi connectivity index (χ0n) is 18.0. The van der Waals surface area contributed by atoms with Crippen LogP contribution in [0.15, 0.2) is 66.3 Å². The lowest BCUT2D eigenvalue weighted by atomic mass is 10.2. The van der Waals surface area contributed by atoms with Crippen LogP contribution in [0.25, 0.3) is 22.1 Å². The molecule has 11 heteroatoms. The number of aromatic nitrogens is 4. The number of nitrogens with one attached hydrogen (secondary N) is 1. The molecule has 0 saturated carbocycles. The molecule has 0 aliphatic rings. The number of alkyl halides is 3. The van der Waals surface area contributed by atoms with Gasteiger partial charge in [-0.15, -0.1) is 29.9 Å². The molecule has 1 unspecified atom stereocenters. The largest absolute Gasteiger partial charge is 0.573 e. The van der Waals surface area contributed by atoms with Crippen molar-refractivity contribution in [2.24, 2.45) is 0 Å². The Morgan fingerprint density at radius 2 is 1.94 bits per heavy atom. The van der Waals surface area contributed by atoms with Gasteiger partial charge in [0.05, 0.1) is 10.8 Å². The van der Waals surface area contributed by atoms with Gasteiger partial charge in [0.2, 0.25) is 11.1 Å². The Morgan fingerprint density at radius 3 is 2.62 bits per heavy atom. The molecule has 0 aliphatic heterocycles. The first-order chi connectivity index (χ1) is 16.3. The number of hydrogen-bond donors (Lipinski definition) is 1. The number of amides is 1. The van der Waals surface area contributed by atoms with Gasteiger partial charge >= 0.3 is 6.36 Å². The molecule has 7 nitrogen and oxygen atoms in total. The normalized spacial score (nSPS) is 12.6. The number of ether oxygens (including phenoxy) is 1. The van der Waals surface area contributed by atoms with E-state index in [1.54, 1.807) is 6.08 Å². The maximum Gasteiger partial charge on any atom is 0.573 e. The summed E-state index contributed by atoms with van der Waals surface area (Å²) >= 11 is 1.17. The van der Waals surface area contributed by atoms with Crippen molar-refractivity contribution < 1.29 is 22.7 Å². The average Bonchev–Trinajstić information content (AvgIpc) is 3.11. The van der Waals surface area contributed by atoms with Gasteiger partial charge in [-0.1, -0.05) is 43.0 Å². The second-order valence-electron chi connectivity index (χ2n) is 7.26. The quantitative estimate of drug-likeness (QED) is 0.258. The molecule has 2 aromatic carbocycles. The molecule has 1 atom stereocenters. The summed E-state index contributed by atoms with van der Waals surface area (Å²) in [5.74, 6) is -0.693. The molecule has 4 rings (SSSR count). The minimum atomic E-state index is -4.78. The predicted octanol–water partition coefficient (Wildman–Crippen LogP) is 5.57. The number of halogens is 3. The van der Waals surface area contributed by atoms with E-state index in [0.717, 1.165) is 23.0 Å². The first-order valence-electron chi connectivity index (χ1n) is 10.3. The monoisotopic (exact) mass is 487 g/mol. The van der Waals surface area contributed by atoms with Crippen LogP contribution in [0.2, 0.25) is 0 Å². The van der Waals surface area contributed by atoms with Crippen LogP contribution >= 0.6 is 11.8 Å². The number of allylic oxidation sites excluding steroid dienone is 1. The summed E-state index contributed by atoms with van der Waals surface area (Å²) in [7, 11) is 0. The van der Waals surface area contributed by atoms with E-state index in [9.17, 15) is 18.0 Å². The molecule has 2 heterocycles. The highest BCUT2D eigenvalue weighted by Gasteiger charge is 2.31. The number of hydrogen-bond acceptors (Lipinski definition) is 6. The molecule has 1 amide bonds. The van der Waals surface area contributed by atoms with Crippen LogP contribution in [0.4, 0.5) is 18.9 Å². The summed E-state index contributed by atoms with van der Waals surface area (Å²) in [4.78, 5) is 17.5. The number of carbonyl (C=O) groups is 1. The standard InChI is InChI=1S/C23H20F3N5O2S/c1-3-13-31-17-8-6-5-7-16(17)19-20(31)28-22(30-29-19)34-18(4-2)21(32)27-14-9-11-15(12-10-14)33-23(24,25)26/h3,5-12,18H,1,4,13H2,2H3,(H,27,32). The maximum absolute atomic E-state index is 12.8. The third kappa shape index (κ3) is 5.14. The fraction of sp³-hybridized carbons (Fsp3) is 0.217. The van der Waals surface area contributed by atoms with Gasteiger partial charge in [0, 0.05) is 17.6 Å². The van der Waals surface area contributed by atoms with Gasteiger partial charge in [-0.3, -0.25) is 4.79 Å². The number of anilines is 1. The van der Waals surface area contributed by atoms with Gasteiger partial charge in [0.15, 0.2) is 5.65 Å². The zero-order valence-corrected chi connectivity index (χ0v) is 18.9. The first kappa shape index (κ1) is 23.6. The van der Waals surface area contributed by atoms with Gasteiger partial charge in [0.1, 0.15) is 11.3 Å². The molecule has 0 saturated heterocycles. The van der Waals surface area contributed by atoms with Crippen LogP contribution < -0.4 is 10.1 Å². The van der Waals surface area contributed by atoms with Crippen molar-refractivity contribution in [2.45, 2.75) is 36.7 Å². The third-order valence-corrected chi connectivity index (χ3v) is 6.15. The number of carbonyl (C=O) groups excluding carboxylic acids is 1. The first-order valence-corrected chi connectivity index (χ1v) is 11.2. The van der Waals surface area contributed by atoms with Crippen LogP contribution in [0.5, 0.6) is 5.75 Å². The molecule has 4 aromatic rings. The fourth-order valence-corrected chi connectivity index (χ4v) is 4.28.